The zero-order valence-corrected chi connectivity index (χ0v) is 12.3. The highest BCUT2D eigenvalue weighted by atomic mass is 79.9. The lowest BCUT2D eigenvalue weighted by Crippen LogP contribution is -1.94. The molecule has 2 heteroatoms. The summed E-state index contributed by atoms with van der Waals surface area (Å²) >= 11 is 3.56. The number of benzene rings is 2. The molecule has 0 N–H and O–H groups in total. The molecule has 0 unspecified atom stereocenters. The number of nitrogens with zero attached hydrogens (tertiary/aromatic N) is 1. The van der Waals surface area contributed by atoms with Crippen LogP contribution in [-0.2, 0) is 6.42 Å². The Hall–Kier alpha value is -1.67. The minimum absolute atomic E-state index is 0.863. The van der Waals surface area contributed by atoms with Crippen molar-refractivity contribution in [2.45, 2.75) is 13.3 Å². The van der Waals surface area contributed by atoms with E-state index in [1.54, 1.807) is 0 Å². The molecule has 0 radical (unpaired) electrons. The third kappa shape index (κ3) is 2.69. The van der Waals surface area contributed by atoms with Crippen molar-refractivity contribution in [1.82, 2.24) is 4.98 Å². The largest absolute Gasteiger partial charge is 0.260 e. The van der Waals surface area contributed by atoms with Gasteiger partial charge < -0.3 is 0 Å². The summed E-state index contributed by atoms with van der Waals surface area (Å²) in [7, 11) is 0. The van der Waals surface area contributed by atoms with Crippen LogP contribution in [0.3, 0.4) is 0 Å². The van der Waals surface area contributed by atoms with Crippen LogP contribution >= 0.6 is 15.9 Å². The topological polar surface area (TPSA) is 12.9 Å². The summed E-state index contributed by atoms with van der Waals surface area (Å²) in [4.78, 5) is 4.55. The normalized spacial score (nSPS) is 10.8. The molecule has 0 amide bonds. The molecular formula is C17H14BrN. The van der Waals surface area contributed by atoms with Crippen LogP contribution in [0.2, 0.25) is 0 Å². The summed E-state index contributed by atoms with van der Waals surface area (Å²) in [6.07, 6.45) is 2.75. The van der Waals surface area contributed by atoms with Crippen LogP contribution in [0.25, 0.3) is 10.8 Å². The molecule has 1 aromatic heterocycles. The van der Waals surface area contributed by atoms with E-state index >= 15 is 0 Å². The fourth-order valence-corrected chi connectivity index (χ4v) is 3.09. The standard InChI is InChI=1S/C17H14BrN/c1-12-8-13(10-15(18)9-12)11-17-16-5-3-2-4-14(16)6-7-19-17/h2-10H,11H2,1H3. The highest BCUT2D eigenvalue weighted by Gasteiger charge is 2.04. The van der Waals surface area contributed by atoms with Crippen molar-refractivity contribution in [3.05, 3.63) is 76.0 Å². The summed E-state index contributed by atoms with van der Waals surface area (Å²) in [6, 6.07) is 17.0. The Bertz CT molecular complexity index is 709. The van der Waals surface area contributed by atoms with Crippen LogP contribution in [0.15, 0.2) is 59.2 Å². The van der Waals surface area contributed by atoms with Gasteiger partial charge in [0.15, 0.2) is 0 Å². The third-order valence-corrected chi connectivity index (χ3v) is 3.69. The van der Waals surface area contributed by atoms with Crippen LogP contribution in [-0.4, -0.2) is 4.98 Å². The van der Waals surface area contributed by atoms with Gasteiger partial charge >= 0.3 is 0 Å². The fourth-order valence-electron chi connectivity index (χ4n) is 2.43. The van der Waals surface area contributed by atoms with E-state index in [-0.39, 0.29) is 0 Å². The molecule has 3 aromatic rings. The Morgan fingerprint density at radius 1 is 1.05 bits per heavy atom. The molecule has 0 aliphatic heterocycles. The smallest absolute Gasteiger partial charge is 0.0525 e. The van der Waals surface area contributed by atoms with Gasteiger partial charge in [0.2, 0.25) is 0 Å². The number of aromatic nitrogens is 1. The molecule has 0 saturated heterocycles. The Balaban J connectivity index is 2.05. The molecule has 3 rings (SSSR count). The lowest BCUT2D eigenvalue weighted by atomic mass is 10.0. The van der Waals surface area contributed by atoms with Crippen LogP contribution < -0.4 is 0 Å². The lowest BCUT2D eigenvalue weighted by molar-refractivity contribution is 1.09. The first-order valence-electron chi connectivity index (χ1n) is 6.31. The zero-order chi connectivity index (χ0) is 13.2. The predicted octanol–water partition coefficient (Wildman–Crippen LogP) is 4.90. The minimum Gasteiger partial charge on any atom is -0.260 e. The van der Waals surface area contributed by atoms with E-state index in [4.69, 9.17) is 0 Å². The van der Waals surface area contributed by atoms with Gasteiger partial charge in [-0.15, -0.1) is 0 Å². The Morgan fingerprint density at radius 2 is 1.89 bits per heavy atom. The monoisotopic (exact) mass is 311 g/mol. The molecule has 94 valence electrons. The molecule has 0 spiro atoms. The predicted molar refractivity (Wildman–Crippen MR) is 83.4 cm³/mol. The van der Waals surface area contributed by atoms with Crippen molar-refractivity contribution in [2.24, 2.45) is 0 Å². The maximum atomic E-state index is 4.55. The van der Waals surface area contributed by atoms with Crippen LogP contribution in [0.1, 0.15) is 16.8 Å². The number of halogens is 1. The van der Waals surface area contributed by atoms with Crippen LogP contribution in [0.5, 0.6) is 0 Å². The minimum atomic E-state index is 0.863. The summed E-state index contributed by atoms with van der Waals surface area (Å²) in [5.41, 5.74) is 3.69. The van der Waals surface area contributed by atoms with E-state index in [1.165, 1.54) is 21.9 Å². The van der Waals surface area contributed by atoms with Gasteiger partial charge in [-0.2, -0.15) is 0 Å². The van der Waals surface area contributed by atoms with E-state index in [1.807, 2.05) is 6.20 Å². The van der Waals surface area contributed by atoms with Crippen LogP contribution in [0.4, 0.5) is 0 Å². The molecule has 0 atom stereocenters. The van der Waals surface area contributed by atoms with E-state index < -0.39 is 0 Å². The SMILES string of the molecule is Cc1cc(Br)cc(Cc2nccc3ccccc23)c1. The van der Waals surface area contributed by atoms with Gasteiger partial charge in [-0.25, -0.2) is 0 Å². The van der Waals surface area contributed by atoms with Crippen molar-refractivity contribution in [3.63, 3.8) is 0 Å². The van der Waals surface area contributed by atoms with Crippen molar-refractivity contribution < 1.29 is 0 Å². The van der Waals surface area contributed by atoms with E-state index in [9.17, 15) is 0 Å². The average Bonchev–Trinajstić information content (AvgIpc) is 2.38. The first-order chi connectivity index (χ1) is 9.22. The zero-order valence-electron chi connectivity index (χ0n) is 10.7. The second-order valence-electron chi connectivity index (χ2n) is 4.79. The maximum absolute atomic E-state index is 4.55. The molecule has 0 saturated carbocycles. The average molecular weight is 312 g/mol. The molecule has 0 aliphatic carbocycles. The summed E-state index contributed by atoms with van der Waals surface area (Å²) in [5.74, 6) is 0. The molecule has 2 aromatic carbocycles. The fraction of sp³-hybridized carbons (Fsp3) is 0.118. The van der Waals surface area contributed by atoms with Gasteiger partial charge in [-0.05, 0) is 41.6 Å². The van der Waals surface area contributed by atoms with E-state index in [0.29, 0.717) is 0 Å². The molecule has 0 bridgehead atoms. The highest BCUT2D eigenvalue weighted by Crippen LogP contribution is 2.22. The van der Waals surface area contributed by atoms with Gasteiger partial charge in [0.25, 0.3) is 0 Å². The van der Waals surface area contributed by atoms with E-state index in [0.717, 1.165) is 16.6 Å². The van der Waals surface area contributed by atoms with Gasteiger partial charge in [0.05, 0.1) is 5.69 Å². The Morgan fingerprint density at radius 3 is 2.74 bits per heavy atom. The molecule has 0 aliphatic rings. The maximum Gasteiger partial charge on any atom is 0.0525 e. The summed E-state index contributed by atoms with van der Waals surface area (Å²) < 4.78 is 1.13. The van der Waals surface area contributed by atoms with E-state index in [2.05, 4.69) is 76.4 Å². The first kappa shape index (κ1) is 12.4. The second-order valence-corrected chi connectivity index (χ2v) is 5.71. The number of fused-ring (bicyclic) bond motifs is 1. The quantitative estimate of drug-likeness (QED) is 0.656. The Labute approximate surface area is 121 Å². The van der Waals surface area contributed by atoms with Crippen molar-refractivity contribution in [2.75, 3.05) is 0 Å². The van der Waals surface area contributed by atoms with Gasteiger partial charge in [0, 0.05) is 22.5 Å². The van der Waals surface area contributed by atoms with Crippen molar-refractivity contribution in [3.8, 4) is 0 Å². The number of hydrogen-bond acceptors (Lipinski definition) is 1. The van der Waals surface area contributed by atoms with Gasteiger partial charge in [-0.3, -0.25) is 4.98 Å². The molecular weight excluding hydrogens is 298 g/mol. The lowest BCUT2D eigenvalue weighted by Gasteiger charge is -2.07. The number of hydrogen-bond donors (Lipinski definition) is 0. The number of pyridine rings is 1. The number of aryl methyl sites for hydroxylation is 1. The third-order valence-electron chi connectivity index (χ3n) is 3.23. The second kappa shape index (κ2) is 5.14. The van der Waals surface area contributed by atoms with Crippen molar-refractivity contribution in [1.29, 1.82) is 0 Å². The Kier molecular flexibility index (Phi) is 3.34. The van der Waals surface area contributed by atoms with Gasteiger partial charge in [-0.1, -0.05) is 46.3 Å². The molecule has 19 heavy (non-hydrogen) atoms. The van der Waals surface area contributed by atoms with Crippen molar-refractivity contribution >= 4 is 26.7 Å². The highest BCUT2D eigenvalue weighted by molar-refractivity contribution is 9.10. The van der Waals surface area contributed by atoms with Crippen LogP contribution in [0, 0.1) is 6.92 Å². The van der Waals surface area contributed by atoms with Gasteiger partial charge in [0.1, 0.15) is 0 Å². The molecule has 1 nitrogen and oxygen atoms in total. The molecule has 1 heterocycles. The first-order valence-corrected chi connectivity index (χ1v) is 7.10. The summed E-state index contributed by atoms with van der Waals surface area (Å²) in [5, 5.41) is 2.49. The number of rotatable bonds is 2. The molecule has 0 fully saturated rings. The summed E-state index contributed by atoms with van der Waals surface area (Å²) in [6.45, 7) is 2.12.